The van der Waals surface area contributed by atoms with Crippen molar-refractivity contribution < 1.29 is 26.3 Å². The fourth-order valence-corrected chi connectivity index (χ4v) is 4.63. The van der Waals surface area contributed by atoms with Crippen LogP contribution in [0.25, 0.3) is 16.9 Å². The van der Waals surface area contributed by atoms with Crippen molar-refractivity contribution in [2.24, 2.45) is 0 Å². The van der Waals surface area contributed by atoms with Crippen LogP contribution in [0.2, 0.25) is 0 Å². The number of benzene rings is 2. The van der Waals surface area contributed by atoms with Crippen LogP contribution in [0, 0.1) is 0 Å². The average Bonchev–Trinajstić information content (AvgIpc) is 3.42. The Bertz CT molecular complexity index is 1260. The van der Waals surface area contributed by atoms with Gasteiger partial charge in [0.15, 0.2) is 4.34 Å². The summed E-state index contributed by atoms with van der Waals surface area (Å²) in [6, 6.07) is 8.75. The quantitative estimate of drug-likeness (QED) is 0.302. The maximum Gasteiger partial charge on any atom is 0.416 e. The second-order valence-electron chi connectivity index (χ2n) is 7.18. The predicted octanol–water partition coefficient (Wildman–Crippen LogP) is 6.04. The molecule has 0 radical (unpaired) electrons. The Labute approximate surface area is 197 Å². The molecule has 0 saturated heterocycles. The summed E-state index contributed by atoms with van der Waals surface area (Å²) >= 11 is 2.09. The van der Waals surface area contributed by atoms with Gasteiger partial charge in [0.25, 0.3) is 0 Å². The monoisotopic (exact) mass is 516 g/mol. The first kappa shape index (κ1) is 24.0. The summed E-state index contributed by atoms with van der Waals surface area (Å²) in [6.07, 6.45) is -9.87. The molecule has 0 unspecified atom stereocenters. The second-order valence-corrected chi connectivity index (χ2v) is 9.25. The Balaban J connectivity index is 1.63. The zero-order valence-electron chi connectivity index (χ0n) is 17.4. The standard InChI is InChI=1S/C20H14F6N6S2/c1-31(2)14-3-5-15(6-4-14)32-17(28-29-30-32)34-18-27-16(10-33-18)11-7-12(19(21,22)23)9-13(8-11)20(24,25)26/h3-10H,1-2H3. The normalized spacial score (nSPS) is 12.2. The summed E-state index contributed by atoms with van der Waals surface area (Å²) in [5, 5.41) is 13.3. The number of tetrazole rings is 1. The Hall–Kier alpha value is -3.13. The molecule has 0 bridgehead atoms. The summed E-state index contributed by atoms with van der Waals surface area (Å²) in [4.78, 5) is 6.13. The number of hydrogen-bond acceptors (Lipinski definition) is 7. The van der Waals surface area contributed by atoms with Crippen molar-refractivity contribution in [1.29, 1.82) is 0 Å². The molecule has 0 aliphatic carbocycles. The van der Waals surface area contributed by atoms with Crippen molar-refractivity contribution in [2.75, 3.05) is 19.0 Å². The Morgan fingerprint density at radius 2 is 1.53 bits per heavy atom. The lowest BCUT2D eigenvalue weighted by molar-refractivity contribution is -0.143. The van der Waals surface area contributed by atoms with E-state index >= 15 is 0 Å². The molecule has 0 saturated carbocycles. The molecule has 0 N–H and O–H groups in total. The number of thiazole rings is 1. The van der Waals surface area contributed by atoms with Crippen LogP contribution in [0.3, 0.4) is 0 Å². The van der Waals surface area contributed by atoms with E-state index in [1.54, 1.807) is 0 Å². The molecule has 2 aromatic heterocycles. The Morgan fingerprint density at radius 3 is 2.09 bits per heavy atom. The van der Waals surface area contributed by atoms with E-state index in [0.29, 0.717) is 27.3 Å². The molecular formula is C20H14F6N6S2. The smallest absolute Gasteiger partial charge is 0.378 e. The first-order valence-electron chi connectivity index (χ1n) is 9.41. The highest BCUT2D eigenvalue weighted by Gasteiger charge is 2.37. The minimum absolute atomic E-state index is 0.0153. The molecule has 6 nitrogen and oxygen atoms in total. The first-order valence-corrected chi connectivity index (χ1v) is 11.1. The number of nitrogens with zero attached hydrogens (tertiary/aromatic N) is 6. The average molecular weight is 516 g/mol. The van der Waals surface area contributed by atoms with Gasteiger partial charge in [-0.25, -0.2) is 4.98 Å². The summed E-state index contributed by atoms with van der Waals surface area (Å²) in [5.41, 5.74) is -1.46. The summed E-state index contributed by atoms with van der Waals surface area (Å²) in [7, 11) is 3.80. The van der Waals surface area contributed by atoms with Crippen LogP contribution in [0.1, 0.15) is 11.1 Å². The zero-order chi connectivity index (χ0) is 24.7. The maximum atomic E-state index is 13.2. The zero-order valence-corrected chi connectivity index (χ0v) is 19.0. The lowest BCUT2D eigenvalue weighted by Crippen LogP contribution is -2.11. The van der Waals surface area contributed by atoms with Crippen LogP contribution >= 0.6 is 23.1 Å². The first-order chi connectivity index (χ1) is 15.9. The Kier molecular flexibility index (Phi) is 6.29. The van der Waals surface area contributed by atoms with Gasteiger partial charge in [-0.1, -0.05) is 0 Å². The molecule has 2 heterocycles. The fraction of sp³-hybridized carbons (Fsp3) is 0.200. The summed E-state index contributed by atoms with van der Waals surface area (Å²) < 4.78 is 80.8. The van der Waals surface area contributed by atoms with Crippen LogP contribution in [0.4, 0.5) is 32.0 Å². The molecular weight excluding hydrogens is 502 g/mol. The van der Waals surface area contributed by atoms with E-state index < -0.39 is 23.5 Å². The highest BCUT2D eigenvalue weighted by Crippen LogP contribution is 2.40. The predicted molar refractivity (Wildman–Crippen MR) is 115 cm³/mol. The van der Waals surface area contributed by atoms with Crippen molar-refractivity contribution in [1.82, 2.24) is 25.2 Å². The SMILES string of the molecule is CN(C)c1ccc(-n2nnnc2Sc2nc(-c3cc(C(F)(F)F)cc(C(F)(F)F)c3)cs2)cc1. The van der Waals surface area contributed by atoms with Crippen molar-refractivity contribution >= 4 is 28.8 Å². The van der Waals surface area contributed by atoms with E-state index in [1.165, 1.54) is 10.1 Å². The minimum Gasteiger partial charge on any atom is -0.378 e. The van der Waals surface area contributed by atoms with E-state index in [2.05, 4.69) is 20.5 Å². The third-order valence-corrected chi connectivity index (χ3v) is 6.47. The molecule has 178 valence electrons. The van der Waals surface area contributed by atoms with E-state index in [0.717, 1.165) is 28.8 Å². The van der Waals surface area contributed by atoms with E-state index in [-0.39, 0.29) is 17.3 Å². The van der Waals surface area contributed by atoms with Gasteiger partial charge in [-0.15, -0.1) is 16.4 Å². The molecule has 0 aliphatic heterocycles. The molecule has 4 aromatic rings. The molecule has 4 rings (SSSR count). The van der Waals surface area contributed by atoms with Gasteiger partial charge in [-0.2, -0.15) is 31.0 Å². The van der Waals surface area contributed by atoms with E-state index in [1.807, 2.05) is 43.3 Å². The maximum absolute atomic E-state index is 13.2. The van der Waals surface area contributed by atoms with Gasteiger partial charge in [-0.3, -0.25) is 0 Å². The number of rotatable bonds is 5. The van der Waals surface area contributed by atoms with Gasteiger partial charge >= 0.3 is 12.4 Å². The van der Waals surface area contributed by atoms with E-state index in [9.17, 15) is 26.3 Å². The lowest BCUT2D eigenvalue weighted by atomic mass is 10.0. The molecule has 14 heteroatoms. The van der Waals surface area contributed by atoms with Crippen LogP contribution in [0.5, 0.6) is 0 Å². The van der Waals surface area contributed by atoms with Crippen LogP contribution in [-0.2, 0) is 12.4 Å². The minimum atomic E-state index is -4.94. The molecule has 0 amide bonds. The Morgan fingerprint density at radius 1 is 0.912 bits per heavy atom. The number of hydrogen-bond donors (Lipinski definition) is 0. The van der Waals surface area contributed by atoms with Crippen molar-refractivity contribution in [3.63, 3.8) is 0 Å². The van der Waals surface area contributed by atoms with Gasteiger partial charge in [0.2, 0.25) is 5.16 Å². The molecule has 34 heavy (non-hydrogen) atoms. The van der Waals surface area contributed by atoms with Crippen LogP contribution in [-0.4, -0.2) is 39.3 Å². The van der Waals surface area contributed by atoms with Crippen molar-refractivity contribution in [3.8, 4) is 16.9 Å². The van der Waals surface area contributed by atoms with Gasteiger partial charge in [0.05, 0.1) is 22.5 Å². The van der Waals surface area contributed by atoms with Gasteiger partial charge in [-0.05, 0) is 64.7 Å². The van der Waals surface area contributed by atoms with Gasteiger partial charge in [0.1, 0.15) is 0 Å². The molecule has 0 spiro atoms. The van der Waals surface area contributed by atoms with E-state index in [4.69, 9.17) is 0 Å². The van der Waals surface area contributed by atoms with Gasteiger partial charge < -0.3 is 4.90 Å². The van der Waals surface area contributed by atoms with Crippen molar-refractivity contribution in [2.45, 2.75) is 21.8 Å². The fourth-order valence-electron chi connectivity index (χ4n) is 2.91. The molecule has 0 fully saturated rings. The number of halogens is 6. The largest absolute Gasteiger partial charge is 0.416 e. The second kappa shape index (κ2) is 8.91. The molecule has 0 aliphatic rings. The number of anilines is 1. The molecule has 2 aromatic carbocycles. The van der Waals surface area contributed by atoms with Gasteiger partial charge in [0, 0.05) is 30.7 Å². The topological polar surface area (TPSA) is 59.7 Å². The van der Waals surface area contributed by atoms with Crippen LogP contribution < -0.4 is 4.90 Å². The number of aromatic nitrogens is 5. The van der Waals surface area contributed by atoms with Crippen molar-refractivity contribution in [3.05, 3.63) is 59.0 Å². The summed E-state index contributed by atoms with van der Waals surface area (Å²) in [6.45, 7) is 0. The lowest BCUT2D eigenvalue weighted by Gasteiger charge is -2.13. The number of alkyl halides is 6. The highest BCUT2D eigenvalue weighted by atomic mass is 32.2. The third kappa shape index (κ3) is 5.17. The summed E-state index contributed by atoms with van der Waals surface area (Å²) in [5.74, 6) is 0. The molecule has 0 atom stereocenters. The third-order valence-electron chi connectivity index (χ3n) is 4.60. The van der Waals surface area contributed by atoms with Crippen LogP contribution in [0.15, 0.2) is 57.3 Å². The highest BCUT2D eigenvalue weighted by molar-refractivity contribution is 8.00.